The Labute approximate surface area is 89.7 Å². The van der Waals surface area contributed by atoms with Crippen molar-refractivity contribution in [3.8, 4) is 0 Å². The monoisotopic (exact) mass is 207 g/mol. The number of nitrogens with zero attached hydrogens (tertiary/aromatic N) is 1. The van der Waals surface area contributed by atoms with Gasteiger partial charge in [0.25, 0.3) is 0 Å². The van der Waals surface area contributed by atoms with Gasteiger partial charge in [0.05, 0.1) is 5.56 Å². The number of nitrogen functional groups attached to an aromatic ring is 1. The molecule has 0 saturated carbocycles. The van der Waals surface area contributed by atoms with Crippen LogP contribution in [0.15, 0.2) is 18.3 Å². The second-order valence-electron chi connectivity index (χ2n) is 3.88. The molecule has 4 nitrogen and oxygen atoms in total. The third-order valence-corrected chi connectivity index (χ3v) is 2.86. The summed E-state index contributed by atoms with van der Waals surface area (Å²) in [5.74, 6) is 0.244. The van der Waals surface area contributed by atoms with Gasteiger partial charge in [0.15, 0.2) is 5.78 Å². The number of carbonyl (C=O) groups excluding carboxylic acids is 1. The largest absolute Gasteiger partial charge is 0.383 e. The zero-order valence-electron chi connectivity index (χ0n) is 9.16. The summed E-state index contributed by atoms with van der Waals surface area (Å²) in [7, 11) is 0. The summed E-state index contributed by atoms with van der Waals surface area (Å²) < 4.78 is 0. The Morgan fingerprint density at radius 2 is 2.27 bits per heavy atom. The molecule has 0 aliphatic rings. The predicted octanol–water partition coefficient (Wildman–Crippen LogP) is 1.22. The molecule has 0 bridgehead atoms. The van der Waals surface area contributed by atoms with Gasteiger partial charge < -0.3 is 11.5 Å². The van der Waals surface area contributed by atoms with Gasteiger partial charge in [-0.3, -0.25) is 4.79 Å². The predicted molar refractivity (Wildman–Crippen MR) is 60.4 cm³/mol. The number of carbonyl (C=O) groups is 1. The number of nitrogens with two attached hydrogens (primary N) is 2. The fourth-order valence-electron chi connectivity index (χ4n) is 1.33. The summed E-state index contributed by atoms with van der Waals surface area (Å²) in [4.78, 5) is 16.0. The average Bonchev–Trinajstić information content (AvgIpc) is 2.28. The van der Waals surface area contributed by atoms with Crippen LogP contribution in [0.2, 0.25) is 0 Å². The number of hydrogen-bond donors (Lipinski definition) is 2. The van der Waals surface area contributed by atoms with Crippen LogP contribution < -0.4 is 11.5 Å². The molecule has 1 aromatic heterocycles. The Hall–Kier alpha value is -1.42. The molecule has 1 aromatic rings. The van der Waals surface area contributed by atoms with Crippen molar-refractivity contribution in [2.75, 3.05) is 12.3 Å². The minimum Gasteiger partial charge on any atom is -0.383 e. The van der Waals surface area contributed by atoms with Crippen molar-refractivity contribution in [3.05, 3.63) is 23.9 Å². The summed E-state index contributed by atoms with van der Waals surface area (Å²) in [5.41, 5.74) is 11.2. The molecule has 1 rings (SSSR count). The summed E-state index contributed by atoms with van der Waals surface area (Å²) in [6.45, 7) is 4.11. The van der Waals surface area contributed by atoms with Crippen molar-refractivity contribution >= 4 is 11.6 Å². The highest BCUT2D eigenvalue weighted by molar-refractivity contribution is 6.03. The number of aromatic nitrogens is 1. The van der Waals surface area contributed by atoms with E-state index >= 15 is 0 Å². The lowest BCUT2D eigenvalue weighted by molar-refractivity contribution is 0.0821. The summed E-state index contributed by atoms with van der Waals surface area (Å²) in [6.07, 6.45) is 2.26. The SMILES string of the molecule is CCC(C)(CN)C(=O)c1cccnc1N. The van der Waals surface area contributed by atoms with Crippen molar-refractivity contribution in [2.45, 2.75) is 20.3 Å². The van der Waals surface area contributed by atoms with E-state index in [1.807, 2.05) is 13.8 Å². The van der Waals surface area contributed by atoms with E-state index in [9.17, 15) is 4.79 Å². The molecule has 0 aliphatic carbocycles. The molecular weight excluding hydrogens is 190 g/mol. The average molecular weight is 207 g/mol. The Bertz CT molecular complexity index is 359. The molecule has 0 aliphatic heterocycles. The molecular formula is C11H17N3O. The van der Waals surface area contributed by atoms with Crippen molar-refractivity contribution in [1.82, 2.24) is 4.98 Å². The maximum absolute atomic E-state index is 12.1. The molecule has 0 radical (unpaired) electrons. The molecule has 0 amide bonds. The zero-order chi connectivity index (χ0) is 11.5. The van der Waals surface area contributed by atoms with Gasteiger partial charge in [-0.05, 0) is 18.6 Å². The van der Waals surface area contributed by atoms with Gasteiger partial charge in [0, 0.05) is 18.2 Å². The number of hydrogen-bond acceptors (Lipinski definition) is 4. The van der Waals surface area contributed by atoms with Crippen LogP contribution in [-0.4, -0.2) is 17.3 Å². The van der Waals surface area contributed by atoms with E-state index in [0.29, 0.717) is 18.5 Å². The lowest BCUT2D eigenvalue weighted by Crippen LogP contribution is -2.35. The van der Waals surface area contributed by atoms with Gasteiger partial charge in [-0.25, -0.2) is 4.98 Å². The van der Waals surface area contributed by atoms with E-state index in [4.69, 9.17) is 11.5 Å². The second kappa shape index (κ2) is 4.40. The summed E-state index contributed by atoms with van der Waals surface area (Å²) >= 11 is 0. The number of ketones is 1. The molecule has 1 heterocycles. The molecule has 0 aromatic carbocycles. The minimum absolute atomic E-state index is 0.0295. The van der Waals surface area contributed by atoms with Crippen molar-refractivity contribution in [3.63, 3.8) is 0 Å². The second-order valence-corrected chi connectivity index (χ2v) is 3.88. The molecule has 0 fully saturated rings. The van der Waals surface area contributed by atoms with E-state index < -0.39 is 5.41 Å². The van der Waals surface area contributed by atoms with E-state index in [1.165, 1.54) is 0 Å². The highest BCUT2D eigenvalue weighted by Gasteiger charge is 2.31. The number of rotatable bonds is 4. The molecule has 1 unspecified atom stereocenters. The normalized spacial score (nSPS) is 14.6. The summed E-state index contributed by atoms with van der Waals surface area (Å²) in [5, 5.41) is 0. The molecule has 4 heteroatoms. The minimum atomic E-state index is -0.544. The van der Waals surface area contributed by atoms with Gasteiger partial charge in [0.2, 0.25) is 0 Å². The van der Waals surface area contributed by atoms with Crippen LogP contribution in [-0.2, 0) is 0 Å². The first-order valence-corrected chi connectivity index (χ1v) is 5.00. The van der Waals surface area contributed by atoms with Gasteiger partial charge in [0.1, 0.15) is 5.82 Å². The fourth-order valence-corrected chi connectivity index (χ4v) is 1.33. The van der Waals surface area contributed by atoms with E-state index in [1.54, 1.807) is 18.3 Å². The van der Waals surface area contributed by atoms with E-state index in [-0.39, 0.29) is 11.6 Å². The smallest absolute Gasteiger partial charge is 0.173 e. The van der Waals surface area contributed by atoms with Crippen LogP contribution in [0.5, 0.6) is 0 Å². The lowest BCUT2D eigenvalue weighted by Gasteiger charge is -2.24. The molecule has 82 valence electrons. The molecule has 0 spiro atoms. The highest BCUT2D eigenvalue weighted by Crippen LogP contribution is 2.26. The van der Waals surface area contributed by atoms with Crippen LogP contribution >= 0.6 is 0 Å². The Morgan fingerprint density at radius 1 is 1.60 bits per heavy atom. The van der Waals surface area contributed by atoms with Crippen molar-refractivity contribution in [2.24, 2.45) is 11.1 Å². The number of Topliss-reactive ketones (excluding diaryl/α,β-unsaturated/α-hetero) is 1. The van der Waals surface area contributed by atoms with Crippen LogP contribution in [0, 0.1) is 5.41 Å². The van der Waals surface area contributed by atoms with Crippen molar-refractivity contribution in [1.29, 1.82) is 0 Å². The maximum atomic E-state index is 12.1. The quantitative estimate of drug-likeness (QED) is 0.727. The summed E-state index contributed by atoms with van der Waals surface area (Å²) in [6, 6.07) is 3.39. The molecule has 15 heavy (non-hydrogen) atoms. The third kappa shape index (κ3) is 2.15. The first-order valence-electron chi connectivity index (χ1n) is 5.00. The van der Waals surface area contributed by atoms with E-state index in [2.05, 4.69) is 4.98 Å². The van der Waals surface area contributed by atoms with Crippen molar-refractivity contribution < 1.29 is 4.79 Å². The van der Waals surface area contributed by atoms with Gasteiger partial charge >= 0.3 is 0 Å². The highest BCUT2D eigenvalue weighted by atomic mass is 16.1. The van der Waals surface area contributed by atoms with Crippen LogP contribution in [0.3, 0.4) is 0 Å². The first kappa shape index (κ1) is 11.7. The standard InChI is InChI=1S/C11H17N3O/c1-3-11(2,7-12)9(15)8-5-4-6-14-10(8)13/h4-6H,3,7,12H2,1-2H3,(H2,13,14). The van der Waals surface area contributed by atoms with Crippen LogP contribution in [0.1, 0.15) is 30.6 Å². The Morgan fingerprint density at radius 3 is 2.73 bits per heavy atom. The number of pyridine rings is 1. The molecule has 1 atom stereocenters. The van der Waals surface area contributed by atoms with Gasteiger partial charge in [-0.15, -0.1) is 0 Å². The van der Waals surface area contributed by atoms with Crippen LogP contribution in [0.4, 0.5) is 5.82 Å². The third-order valence-electron chi connectivity index (χ3n) is 2.86. The Kier molecular flexibility index (Phi) is 3.42. The molecule has 0 saturated heterocycles. The Balaban J connectivity index is 3.09. The van der Waals surface area contributed by atoms with E-state index in [0.717, 1.165) is 0 Å². The lowest BCUT2D eigenvalue weighted by atomic mass is 9.80. The topological polar surface area (TPSA) is 82.0 Å². The van der Waals surface area contributed by atoms with Gasteiger partial charge in [-0.1, -0.05) is 13.8 Å². The first-order chi connectivity index (χ1) is 7.05. The zero-order valence-corrected chi connectivity index (χ0v) is 9.16. The fraction of sp³-hybridized carbons (Fsp3) is 0.455. The van der Waals surface area contributed by atoms with Crippen LogP contribution in [0.25, 0.3) is 0 Å². The number of anilines is 1. The van der Waals surface area contributed by atoms with Gasteiger partial charge in [-0.2, -0.15) is 0 Å². The molecule has 4 N–H and O–H groups in total. The maximum Gasteiger partial charge on any atom is 0.173 e.